The molecule has 1 N–H and O–H groups in total. The van der Waals surface area contributed by atoms with Crippen LogP contribution in [0.25, 0.3) is 0 Å². The minimum atomic E-state index is -0.296. The van der Waals surface area contributed by atoms with Crippen molar-refractivity contribution in [1.82, 2.24) is 10.2 Å². The predicted molar refractivity (Wildman–Crippen MR) is 98.8 cm³/mol. The van der Waals surface area contributed by atoms with E-state index in [1.165, 1.54) is 0 Å². The van der Waals surface area contributed by atoms with Crippen LogP contribution in [0, 0.1) is 0 Å². The van der Waals surface area contributed by atoms with E-state index in [9.17, 15) is 4.79 Å². The molecule has 26 heavy (non-hydrogen) atoms. The maximum atomic E-state index is 12.3. The molecule has 3 rings (SSSR count). The van der Waals surface area contributed by atoms with Crippen molar-refractivity contribution in [1.29, 1.82) is 0 Å². The lowest BCUT2D eigenvalue weighted by Crippen LogP contribution is -2.13. The Morgan fingerprint density at radius 2 is 1.77 bits per heavy atom. The molecule has 134 valence electrons. The highest BCUT2D eigenvalue weighted by molar-refractivity contribution is 6.03. The molecule has 1 amide bonds. The van der Waals surface area contributed by atoms with Gasteiger partial charge < -0.3 is 14.1 Å². The number of hydrogen-bond donors (Lipinski definition) is 1. The smallest absolute Gasteiger partial charge is 0.322 e. The lowest BCUT2D eigenvalue weighted by Gasteiger charge is -2.12. The van der Waals surface area contributed by atoms with E-state index < -0.39 is 0 Å². The van der Waals surface area contributed by atoms with Crippen molar-refractivity contribution in [2.75, 3.05) is 31.4 Å². The first-order valence-corrected chi connectivity index (χ1v) is 8.09. The molecular formula is C19H20N4O3. The molecular weight excluding hydrogens is 332 g/mol. The molecule has 0 unspecified atom stereocenters. The van der Waals surface area contributed by atoms with Crippen molar-refractivity contribution in [2.24, 2.45) is 0 Å². The number of anilines is 2. The molecule has 7 heteroatoms. The molecule has 0 bridgehead atoms. The number of ether oxygens (including phenoxy) is 1. The van der Waals surface area contributed by atoms with Gasteiger partial charge in [-0.25, -0.2) is 0 Å². The molecule has 3 aromatic rings. The molecule has 0 aliphatic carbocycles. The average Bonchev–Trinajstić information content (AvgIpc) is 3.09. The fourth-order valence-corrected chi connectivity index (χ4v) is 2.37. The quantitative estimate of drug-likeness (QED) is 0.735. The number of carbonyl (C=O) groups excluding carboxylic acids is 1. The van der Waals surface area contributed by atoms with Gasteiger partial charge in [0.1, 0.15) is 5.75 Å². The zero-order chi connectivity index (χ0) is 18.5. The van der Waals surface area contributed by atoms with E-state index in [0.29, 0.717) is 17.9 Å². The molecule has 1 heterocycles. The maximum Gasteiger partial charge on any atom is 0.322 e. The van der Waals surface area contributed by atoms with Crippen LogP contribution in [0.1, 0.15) is 21.8 Å². The molecule has 0 atom stereocenters. The Bertz CT molecular complexity index is 871. The summed E-state index contributed by atoms with van der Waals surface area (Å²) in [5.74, 6) is 0.913. The number of aromatic nitrogens is 2. The number of carbonyl (C=O) groups is 1. The van der Waals surface area contributed by atoms with Crippen LogP contribution >= 0.6 is 0 Å². The van der Waals surface area contributed by atoms with Crippen molar-refractivity contribution in [3.8, 4) is 5.75 Å². The zero-order valence-electron chi connectivity index (χ0n) is 14.9. The number of methoxy groups -OCH3 is 1. The summed E-state index contributed by atoms with van der Waals surface area (Å²) in [6.45, 7) is 0. The minimum Gasteiger partial charge on any atom is -0.497 e. The van der Waals surface area contributed by atoms with Crippen LogP contribution < -0.4 is 15.0 Å². The van der Waals surface area contributed by atoms with E-state index in [4.69, 9.17) is 9.15 Å². The van der Waals surface area contributed by atoms with Gasteiger partial charge in [-0.05, 0) is 42.0 Å². The van der Waals surface area contributed by atoms with Crippen molar-refractivity contribution >= 4 is 17.6 Å². The van der Waals surface area contributed by atoms with E-state index in [0.717, 1.165) is 17.0 Å². The molecule has 0 radical (unpaired) electrons. The Hall–Kier alpha value is -3.35. The third-order valence-electron chi connectivity index (χ3n) is 3.85. The van der Waals surface area contributed by atoms with Gasteiger partial charge in [0, 0.05) is 25.3 Å². The van der Waals surface area contributed by atoms with Gasteiger partial charge in [0.15, 0.2) is 0 Å². The van der Waals surface area contributed by atoms with Gasteiger partial charge in [-0.3, -0.25) is 10.1 Å². The highest BCUT2D eigenvalue weighted by atomic mass is 16.5. The normalized spacial score (nSPS) is 10.4. The van der Waals surface area contributed by atoms with E-state index in [1.807, 2.05) is 55.4 Å². The lowest BCUT2D eigenvalue weighted by atomic mass is 10.1. The molecule has 0 saturated carbocycles. The second-order valence-electron chi connectivity index (χ2n) is 5.92. The van der Waals surface area contributed by atoms with Crippen molar-refractivity contribution < 1.29 is 13.9 Å². The molecule has 0 aliphatic heterocycles. The van der Waals surface area contributed by atoms with Crippen LogP contribution in [-0.4, -0.2) is 37.3 Å². The third kappa shape index (κ3) is 4.18. The van der Waals surface area contributed by atoms with E-state index in [2.05, 4.69) is 15.5 Å². The molecule has 0 fully saturated rings. The molecule has 0 aliphatic rings. The number of hydrogen-bond acceptors (Lipinski definition) is 6. The highest BCUT2D eigenvalue weighted by Crippen LogP contribution is 2.17. The van der Waals surface area contributed by atoms with Gasteiger partial charge in [-0.1, -0.05) is 17.2 Å². The third-order valence-corrected chi connectivity index (χ3v) is 3.85. The molecule has 1 aromatic heterocycles. The SMILES string of the molecule is COc1ccc(Cc2nnc(NC(=O)c3ccc(N(C)C)cc3)o2)cc1. The van der Waals surface area contributed by atoms with Crippen molar-refractivity contribution in [3.05, 3.63) is 65.5 Å². The van der Waals surface area contributed by atoms with E-state index in [1.54, 1.807) is 19.2 Å². The summed E-state index contributed by atoms with van der Waals surface area (Å²) < 4.78 is 10.6. The van der Waals surface area contributed by atoms with Crippen LogP contribution in [0.5, 0.6) is 5.75 Å². The summed E-state index contributed by atoms with van der Waals surface area (Å²) in [5.41, 5.74) is 2.54. The molecule has 0 saturated heterocycles. The highest BCUT2D eigenvalue weighted by Gasteiger charge is 2.12. The number of amides is 1. The van der Waals surface area contributed by atoms with Crippen LogP contribution in [0.4, 0.5) is 11.7 Å². The largest absolute Gasteiger partial charge is 0.497 e. The number of rotatable bonds is 6. The second kappa shape index (κ2) is 7.69. The number of benzene rings is 2. The number of nitrogens with one attached hydrogen (secondary N) is 1. The van der Waals surface area contributed by atoms with Gasteiger partial charge in [-0.2, -0.15) is 0 Å². The summed E-state index contributed by atoms with van der Waals surface area (Å²) in [4.78, 5) is 14.2. The first kappa shape index (κ1) is 17.5. The van der Waals surface area contributed by atoms with Crippen LogP contribution in [-0.2, 0) is 6.42 Å². The standard InChI is InChI=1S/C19H20N4O3/c1-23(2)15-8-6-14(7-9-15)18(24)20-19-22-21-17(26-19)12-13-4-10-16(25-3)11-5-13/h4-11H,12H2,1-3H3,(H,20,22,24). The average molecular weight is 352 g/mol. The van der Waals surface area contributed by atoms with Gasteiger partial charge in [0.05, 0.1) is 13.5 Å². The Balaban J connectivity index is 1.62. The first-order valence-electron chi connectivity index (χ1n) is 8.09. The van der Waals surface area contributed by atoms with Crippen LogP contribution in [0.2, 0.25) is 0 Å². The summed E-state index contributed by atoms with van der Waals surface area (Å²) in [5, 5.41) is 10.5. The Morgan fingerprint density at radius 3 is 2.38 bits per heavy atom. The summed E-state index contributed by atoms with van der Waals surface area (Å²) in [6, 6.07) is 14.9. The monoisotopic (exact) mass is 352 g/mol. The topological polar surface area (TPSA) is 80.5 Å². The fraction of sp³-hybridized carbons (Fsp3) is 0.211. The summed E-state index contributed by atoms with van der Waals surface area (Å²) >= 11 is 0. The Labute approximate surface area is 151 Å². The summed E-state index contributed by atoms with van der Waals surface area (Å²) in [7, 11) is 5.51. The maximum absolute atomic E-state index is 12.3. The van der Waals surface area contributed by atoms with Gasteiger partial charge in [0.2, 0.25) is 5.89 Å². The minimum absolute atomic E-state index is 0.0789. The predicted octanol–water partition coefficient (Wildman–Crippen LogP) is 2.99. The van der Waals surface area contributed by atoms with E-state index >= 15 is 0 Å². The molecule has 7 nitrogen and oxygen atoms in total. The molecule has 0 spiro atoms. The summed E-state index contributed by atoms with van der Waals surface area (Å²) in [6.07, 6.45) is 0.477. The van der Waals surface area contributed by atoms with Crippen molar-refractivity contribution in [2.45, 2.75) is 6.42 Å². The van der Waals surface area contributed by atoms with Gasteiger partial charge >= 0.3 is 6.01 Å². The first-order chi connectivity index (χ1) is 12.5. The number of nitrogens with zero attached hydrogens (tertiary/aromatic N) is 3. The van der Waals surface area contributed by atoms with Gasteiger partial charge in [-0.15, -0.1) is 5.10 Å². The van der Waals surface area contributed by atoms with Crippen LogP contribution in [0.3, 0.4) is 0 Å². The van der Waals surface area contributed by atoms with Gasteiger partial charge in [0.25, 0.3) is 5.91 Å². The fourth-order valence-electron chi connectivity index (χ4n) is 2.37. The zero-order valence-corrected chi connectivity index (χ0v) is 14.9. The van der Waals surface area contributed by atoms with E-state index in [-0.39, 0.29) is 11.9 Å². The lowest BCUT2D eigenvalue weighted by molar-refractivity contribution is 0.102. The molecule has 2 aromatic carbocycles. The van der Waals surface area contributed by atoms with Crippen molar-refractivity contribution in [3.63, 3.8) is 0 Å². The second-order valence-corrected chi connectivity index (χ2v) is 5.92. The Kier molecular flexibility index (Phi) is 5.17. The Morgan fingerprint density at radius 1 is 1.08 bits per heavy atom. The van der Waals surface area contributed by atoms with Crippen LogP contribution in [0.15, 0.2) is 52.9 Å².